The number of halogens is 1. The molecular formula is C22H21FN2OS. The van der Waals surface area contributed by atoms with Crippen molar-refractivity contribution in [1.29, 1.82) is 0 Å². The zero-order valence-electron chi connectivity index (χ0n) is 15.4. The third-order valence-electron chi connectivity index (χ3n) is 5.16. The minimum atomic E-state index is -0.242. The van der Waals surface area contributed by atoms with Crippen molar-refractivity contribution >= 4 is 34.1 Å². The number of benzene rings is 2. The van der Waals surface area contributed by atoms with Crippen LogP contribution in [0.15, 0.2) is 53.6 Å². The molecule has 0 spiro atoms. The van der Waals surface area contributed by atoms with Crippen molar-refractivity contribution in [3.05, 3.63) is 71.2 Å². The van der Waals surface area contributed by atoms with Gasteiger partial charge < -0.3 is 9.88 Å². The summed E-state index contributed by atoms with van der Waals surface area (Å²) >= 11 is 1.64. The first-order valence-corrected chi connectivity index (χ1v) is 10.2. The Morgan fingerprint density at radius 1 is 1.22 bits per heavy atom. The number of nitrogens with zero attached hydrogens (tertiary/aromatic N) is 1. The molecule has 1 N–H and O–H groups in total. The van der Waals surface area contributed by atoms with Gasteiger partial charge in [0.2, 0.25) is 0 Å². The number of aromatic nitrogens is 1. The van der Waals surface area contributed by atoms with Gasteiger partial charge in [-0.3, -0.25) is 4.79 Å². The molecule has 27 heavy (non-hydrogen) atoms. The average Bonchev–Trinajstić information content (AvgIpc) is 3.11. The van der Waals surface area contributed by atoms with Crippen LogP contribution in [0.5, 0.6) is 0 Å². The van der Waals surface area contributed by atoms with Gasteiger partial charge in [-0.15, -0.1) is 11.8 Å². The molecule has 5 heteroatoms. The monoisotopic (exact) mass is 380 g/mol. The van der Waals surface area contributed by atoms with Crippen molar-refractivity contribution < 1.29 is 9.18 Å². The summed E-state index contributed by atoms with van der Waals surface area (Å²) in [5.41, 5.74) is 4.88. The Bertz CT molecular complexity index is 1050. The van der Waals surface area contributed by atoms with Crippen LogP contribution in [0.2, 0.25) is 0 Å². The predicted octanol–water partition coefficient (Wildman–Crippen LogP) is 5.27. The molecule has 1 amide bonds. The van der Waals surface area contributed by atoms with Crippen LogP contribution in [-0.4, -0.2) is 35.1 Å². The van der Waals surface area contributed by atoms with Crippen molar-refractivity contribution in [2.24, 2.45) is 0 Å². The fourth-order valence-corrected chi connectivity index (χ4v) is 4.03. The van der Waals surface area contributed by atoms with Crippen LogP contribution in [0.25, 0.3) is 16.5 Å². The minimum absolute atomic E-state index is 0.0831. The number of hydrogen-bond donors (Lipinski definition) is 1. The fraction of sp³-hybridized carbons (Fsp3) is 0.227. The summed E-state index contributed by atoms with van der Waals surface area (Å²) < 4.78 is 13.4. The largest absolute Gasteiger partial charge is 0.360 e. The highest BCUT2D eigenvalue weighted by atomic mass is 32.2. The second-order valence-electron chi connectivity index (χ2n) is 6.80. The maximum absolute atomic E-state index is 13.4. The number of hydrogen-bond acceptors (Lipinski definition) is 2. The number of aromatic amines is 1. The summed E-state index contributed by atoms with van der Waals surface area (Å²) in [7, 11) is 0. The lowest BCUT2D eigenvalue weighted by atomic mass is 9.98. The molecule has 0 bridgehead atoms. The van der Waals surface area contributed by atoms with E-state index in [0.717, 1.165) is 38.9 Å². The molecule has 4 rings (SSSR count). The van der Waals surface area contributed by atoms with E-state index in [9.17, 15) is 9.18 Å². The van der Waals surface area contributed by atoms with Crippen molar-refractivity contribution in [3.63, 3.8) is 0 Å². The van der Waals surface area contributed by atoms with Gasteiger partial charge in [0.1, 0.15) is 5.82 Å². The van der Waals surface area contributed by atoms with E-state index in [1.54, 1.807) is 11.8 Å². The third kappa shape index (κ3) is 3.39. The van der Waals surface area contributed by atoms with Crippen LogP contribution in [-0.2, 0) is 0 Å². The number of thioether (sulfide) groups is 1. The van der Waals surface area contributed by atoms with Gasteiger partial charge in [0.05, 0.1) is 0 Å². The highest BCUT2D eigenvalue weighted by Gasteiger charge is 2.22. The number of nitrogens with one attached hydrogen (secondary N) is 1. The highest BCUT2D eigenvalue weighted by molar-refractivity contribution is 7.98. The summed E-state index contributed by atoms with van der Waals surface area (Å²) in [4.78, 5) is 19.1. The van der Waals surface area contributed by atoms with Crippen molar-refractivity contribution in [3.8, 4) is 0 Å². The SMILES string of the molecule is CSc1ccc(C)c(C(=O)N2CC=C(c3c[nH]c4cc(F)ccc34)CC2)c1. The number of fused-ring (bicyclic) bond motifs is 1. The Morgan fingerprint density at radius 3 is 2.81 bits per heavy atom. The zero-order valence-corrected chi connectivity index (χ0v) is 16.2. The Morgan fingerprint density at radius 2 is 2.07 bits per heavy atom. The second kappa shape index (κ2) is 7.24. The molecular weight excluding hydrogens is 359 g/mol. The summed E-state index contributed by atoms with van der Waals surface area (Å²) in [6.07, 6.45) is 6.85. The number of rotatable bonds is 3. The molecule has 0 atom stereocenters. The number of aryl methyl sites for hydroxylation is 1. The van der Waals surface area contributed by atoms with Crippen LogP contribution in [0.3, 0.4) is 0 Å². The first-order valence-electron chi connectivity index (χ1n) is 8.97. The lowest BCUT2D eigenvalue weighted by molar-refractivity contribution is 0.0772. The van der Waals surface area contributed by atoms with E-state index >= 15 is 0 Å². The zero-order chi connectivity index (χ0) is 19.0. The van der Waals surface area contributed by atoms with E-state index in [1.807, 2.05) is 48.5 Å². The summed E-state index contributed by atoms with van der Waals surface area (Å²) in [6, 6.07) is 10.8. The topological polar surface area (TPSA) is 36.1 Å². The van der Waals surface area contributed by atoms with Gasteiger partial charge in [0.25, 0.3) is 5.91 Å². The molecule has 1 aromatic heterocycles. The molecule has 2 aromatic carbocycles. The van der Waals surface area contributed by atoms with Gasteiger partial charge >= 0.3 is 0 Å². The number of H-pyrrole nitrogens is 1. The Balaban J connectivity index is 1.57. The first kappa shape index (κ1) is 17.9. The summed E-state index contributed by atoms with van der Waals surface area (Å²) in [6.45, 7) is 3.25. The van der Waals surface area contributed by atoms with Crippen LogP contribution in [0, 0.1) is 12.7 Å². The second-order valence-corrected chi connectivity index (χ2v) is 7.68. The fourth-order valence-electron chi connectivity index (χ4n) is 3.59. The van der Waals surface area contributed by atoms with Crippen molar-refractivity contribution in [2.45, 2.75) is 18.2 Å². The van der Waals surface area contributed by atoms with E-state index in [0.29, 0.717) is 13.1 Å². The average molecular weight is 380 g/mol. The van der Waals surface area contributed by atoms with Gasteiger partial charge in [-0.25, -0.2) is 4.39 Å². The van der Waals surface area contributed by atoms with Gasteiger partial charge in [-0.05, 0) is 61.1 Å². The maximum atomic E-state index is 13.4. The quantitative estimate of drug-likeness (QED) is 0.629. The molecule has 0 unspecified atom stereocenters. The maximum Gasteiger partial charge on any atom is 0.254 e. The molecule has 1 aliphatic rings. The van der Waals surface area contributed by atoms with Gasteiger partial charge in [-0.1, -0.05) is 12.1 Å². The van der Waals surface area contributed by atoms with Crippen molar-refractivity contribution in [1.82, 2.24) is 9.88 Å². The number of carbonyl (C=O) groups excluding carboxylic acids is 1. The standard InChI is InChI=1S/C22H21FN2OS/c1-14-3-5-17(27-2)12-19(14)22(26)25-9-7-15(8-10-25)20-13-24-21-11-16(23)4-6-18(20)21/h3-7,11-13,24H,8-10H2,1-2H3. The molecule has 0 radical (unpaired) electrons. The van der Waals surface area contributed by atoms with E-state index < -0.39 is 0 Å². The van der Waals surface area contributed by atoms with E-state index in [-0.39, 0.29) is 11.7 Å². The molecule has 138 valence electrons. The Hall–Kier alpha value is -2.53. The van der Waals surface area contributed by atoms with E-state index in [1.165, 1.54) is 17.7 Å². The summed E-state index contributed by atoms with van der Waals surface area (Å²) in [5, 5.41) is 1.02. The number of amides is 1. The van der Waals surface area contributed by atoms with Crippen LogP contribution < -0.4 is 0 Å². The van der Waals surface area contributed by atoms with Gasteiger partial charge in [0, 0.05) is 46.2 Å². The molecule has 3 aromatic rings. The Labute approximate surface area is 162 Å². The predicted molar refractivity (Wildman–Crippen MR) is 110 cm³/mol. The molecule has 1 aliphatic heterocycles. The van der Waals surface area contributed by atoms with Crippen LogP contribution in [0.1, 0.15) is 27.9 Å². The third-order valence-corrected chi connectivity index (χ3v) is 5.89. The lowest BCUT2D eigenvalue weighted by Crippen LogP contribution is -2.35. The van der Waals surface area contributed by atoms with E-state index in [4.69, 9.17) is 0 Å². The molecule has 0 saturated heterocycles. The number of carbonyl (C=O) groups is 1. The molecule has 0 aliphatic carbocycles. The molecule has 2 heterocycles. The van der Waals surface area contributed by atoms with Crippen molar-refractivity contribution in [2.75, 3.05) is 19.3 Å². The molecule has 0 saturated carbocycles. The first-order chi connectivity index (χ1) is 13.1. The molecule has 0 fully saturated rings. The minimum Gasteiger partial charge on any atom is -0.360 e. The van der Waals surface area contributed by atoms with Crippen LogP contribution in [0.4, 0.5) is 4.39 Å². The highest BCUT2D eigenvalue weighted by Crippen LogP contribution is 2.30. The Kier molecular flexibility index (Phi) is 4.79. The van der Waals surface area contributed by atoms with Gasteiger partial charge in [-0.2, -0.15) is 0 Å². The van der Waals surface area contributed by atoms with E-state index in [2.05, 4.69) is 11.1 Å². The van der Waals surface area contributed by atoms with Crippen LogP contribution >= 0.6 is 11.8 Å². The normalized spacial score (nSPS) is 14.5. The molecule has 3 nitrogen and oxygen atoms in total. The lowest BCUT2D eigenvalue weighted by Gasteiger charge is -2.27. The summed E-state index contributed by atoms with van der Waals surface area (Å²) in [5.74, 6) is -0.159. The smallest absolute Gasteiger partial charge is 0.254 e. The van der Waals surface area contributed by atoms with Gasteiger partial charge in [0.15, 0.2) is 0 Å².